The van der Waals surface area contributed by atoms with Crippen molar-refractivity contribution in [2.75, 3.05) is 19.0 Å². The number of thiol groups is 1. The number of hydrogen-bond donors (Lipinski definition) is 8. The summed E-state index contributed by atoms with van der Waals surface area (Å²) in [5.74, 6) is 0.554. The van der Waals surface area contributed by atoms with E-state index in [9.17, 15) is 35.0 Å². The molecule has 12 atom stereocenters. The second-order valence-electron chi connectivity index (χ2n) is 7.39. The molecule has 0 aromatic heterocycles. The largest absolute Gasteiger partial charge is 0.473 e. The first-order chi connectivity index (χ1) is 14.1. The fourth-order valence-electron chi connectivity index (χ4n) is 3.75. The number of aliphatic hydroxyl groups is 5. The Kier molecular flexibility index (Phi) is 8.19. The van der Waals surface area contributed by atoms with E-state index in [1.54, 1.807) is 0 Å². The zero-order chi connectivity index (χ0) is 22.2. The van der Waals surface area contributed by atoms with Crippen molar-refractivity contribution < 1.29 is 58.2 Å². The fourth-order valence-corrected chi connectivity index (χ4v) is 5.03. The van der Waals surface area contributed by atoms with Crippen LogP contribution in [0.3, 0.4) is 0 Å². The smallest absolute Gasteiger partial charge is 0.394 e. The highest BCUT2D eigenvalue weighted by molar-refractivity contribution is 7.80. The summed E-state index contributed by atoms with van der Waals surface area (Å²) in [5.41, 5.74) is 6.00. The average Bonchev–Trinajstić information content (AvgIpc) is 3.03. The first kappa shape index (κ1) is 24.7. The van der Waals surface area contributed by atoms with E-state index in [-0.39, 0.29) is 6.61 Å². The summed E-state index contributed by atoms with van der Waals surface area (Å²) >= 11 is 4.07. The van der Waals surface area contributed by atoms with Crippen molar-refractivity contribution in [3.63, 3.8) is 0 Å². The van der Waals surface area contributed by atoms with Gasteiger partial charge in [0.2, 0.25) is 0 Å². The Balaban J connectivity index is 1.75. The van der Waals surface area contributed by atoms with Gasteiger partial charge in [0.05, 0.1) is 12.6 Å². The van der Waals surface area contributed by atoms with Crippen LogP contribution >= 0.6 is 20.5 Å². The van der Waals surface area contributed by atoms with Gasteiger partial charge in [-0.3, -0.25) is 9.05 Å². The van der Waals surface area contributed by atoms with Crippen molar-refractivity contribution in [2.45, 2.75) is 73.7 Å². The molecule has 176 valence electrons. The molecule has 0 spiro atoms. The van der Waals surface area contributed by atoms with Crippen molar-refractivity contribution in [1.29, 1.82) is 0 Å². The molecule has 1 saturated carbocycles. The van der Waals surface area contributed by atoms with Crippen LogP contribution < -0.4 is 5.73 Å². The number of phosphoric acid groups is 1. The van der Waals surface area contributed by atoms with Crippen LogP contribution in [0, 0.1) is 0 Å². The molecule has 2 heterocycles. The first-order valence-electron chi connectivity index (χ1n) is 9.43. The van der Waals surface area contributed by atoms with E-state index in [0.717, 1.165) is 0 Å². The molecule has 30 heavy (non-hydrogen) atoms. The molecule has 1 aliphatic carbocycles. The van der Waals surface area contributed by atoms with Crippen LogP contribution in [0.4, 0.5) is 0 Å². The molecule has 0 aromatic rings. The van der Waals surface area contributed by atoms with Crippen LogP contribution in [0.5, 0.6) is 0 Å². The third kappa shape index (κ3) is 4.87. The molecule has 3 fully saturated rings. The molecule has 15 heteroatoms. The summed E-state index contributed by atoms with van der Waals surface area (Å²) in [5, 5.41) is 50.6. The normalized spacial score (nSPS) is 51.7. The average molecular weight is 477 g/mol. The van der Waals surface area contributed by atoms with E-state index in [4.69, 9.17) is 29.0 Å². The van der Waals surface area contributed by atoms with Crippen molar-refractivity contribution in [2.24, 2.45) is 5.73 Å². The number of aliphatic hydroxyl groups excluding tert-OH is 5. The second-order valence-corrected chi connectivity index (χ2v) is 9.19. The Morgan fingerprint density at radius 1 is 1.00 bits per heavy atom. The third-order valence-electron chi connectivity index (χ3n) is 5.34. The minimum Gasteiger partial charge on any atom is -0.394 e. The van der Waals surface area contributed by atoms with E-state index < -0.39 is 81.7 Å². The Hall–Kier alpha value is 0.1000. The van der Waals surface area contributed by atoms with Gasteiger partial charge in [-0.05, 0) is 12.2 Å². The molecule has 3 rings (SSSR count). The molecular weight excluding hydrogens is 449 g/mol. The van der Waals surface area contributed by atoms with Gasteiger partial charge >= 0.3 is 7.82 Å². The zero-order valence-corrected chi connectivity index (χ0v) is 17.6. The fraction of sp³-hybridized carbons (Fsp3) is 1.00. The molecule has 0 aromatic carbocycles. The lowest BCUT2D eigenvalue weighted by atomic mass is 9.84. The third-order valence-corrected chi connectivity index (χ3v) is 6.67. The van der Waals surface area contributed by atoms with Crippen LogP contribution in [-0.4, -0.2) is 117 Å². The van der Waals surface area contributed by atoms with Crippen molar-refractivity contribution in [3.8, 4) is 0 Å². The number of ether oxygens (including phenoxy) is 3. The lowest BCUT2D eigenvalue weighted by molar-refractivity contribution is -0.312. The van der Waals surface area contributed by atoms with Crippen LogP contribution in [0.25, 0.3) is 0 Å². The van der Waals surface area contributed by atoms with Gasteiger partial charge in [-0.1, -0.05) is 0 Å². The molecular formula is C15H28NO12PS. The summed E-state index contributed by atoms with van der Waals surface area (Å²) in [7, 11) is -4.55. The molecule has 0 radical (unpaired) electrons. The Morgan fingerprint density at radius 3 is 2.30 bits per heavy atom. The Morgan fingerprint density at radius 2 is 1.67 bits per heavy atom. The van der Waals surface area contributed by atoms with Crippen LogP contribution in [0.1, 0.15) is 6.42 Å². The van der Waals surface area contributed by atoms with Crippen LogP contribution in [0.2, 0.25) is 0 Å². The molecule has 0 bridgehead atoms. The first-order valence-corrected chi connectivity index (χ1v) is 11.6. The summed E-state index contributed by atoms with van der Waals surface area (Å²) in [4.78, 5) is 9.58. The zero-order valence-electron chi connectivity index (χ0n) is 15.8. The van der Waals surface area contributed by atoms with Gasteiger partial charge in [0.25, 0.3) is 0 Å². The monoisotopic (exact) mass is 477 g/mol. The summed E-state index contributed by atoms with van der Waals surface area (Å²) in [6, 6.07) is -1.20. The molecule has 3 aliphatic rings. The predicted octanol–water partition coefficient (Wildman–Crippen LogP) is -3.54. The van der Waals surface area contributed by atoms with Gasteiger partial charge in [0, 0.05) is 6.61 Å². The molecule has 0 amide bonds. The maximum absolute atomic E-state index is 11.8. The Bertz CT molecular complexity index is 630. The minimum atomic E-state index is -4.55. The van der Waals surface area contributed by atoms with Gasteiger partial charge in [-0.2, -0.15) is 12.6 Å². The minimum absolute atomic E-state index is 0.246. The van der Waals surface area contributed by atoms with Gasteiger partial charge < -0.3 is 50.4 Å². The van der Waals surface area contributed by atoms with Gasteiger partial charge in [-0.25, -0.2) is 4.57 Å². The van der Waals surface area contributed by atoms with Gasteiger partial charge in [-0.15, -0.1) is 0 Å². The molecule has 8 N–H and O–H groups in total. The number of hydrogen-bond acceptors (Lipinski definition) is 13. The predicted molar refractivity (Wildman–Crippen MR) is 100 cm³/mol. The SMILES string of the molecule is N[C@H]1[C@@H](O[C@@H]2[C@@H](O)[C@H](O)[C@@H](O)[C@H]3OP(=O)(O)O[C@H]32)O[C@H](CO)[C@@H](OCCCS)[C@@H]1O. The molecule has 2 aliphatic heterocycles. The van der Waals surface area contributed by atoms with E-state index in [1.165, 1.54) is 0 Å². The van der Waals surface area contributed by atoms with Gasteiger partial charge in [0.1, 0.15) is 54.9 Å². The molecule has 2 saturated heterocycles. The second kappa shape index (κ2) is 9.93. The standard InChI is InChI=1S/C15H28NO12PS/c16-6-7(18)11(24-2-1-3-30)5(4-17)25-15(6)26-12-9(20)8(19)10(21)13-14(12)28-29(22,23)27-13/h5-15,17-21,30H,1-4,16H2,(H,22,23)/t5-,6-,7-,8+,9+,10-,11-,12-,13-,14+,15-/m1/s1. The number of fused-ring (bicyclic) bond motifs is 1. The quantitative estimate of drug-likeness (QED) is 0.102. The van der Waals surface area contributed by atoms with Crippen molar-refractivity contribution in [3.05, 3.63) is 0 Å². The van der Waals surface area contributed by atoms with E-state index in [0.29, 0.717) is 12.2 Å². The van der Waals surface area contributed by atoms with Gasteiger partial charge in [0.15, 0.2) is 6.29 Å². The lowest BCUT2D eigenvalue weighted by Gasteiger charge is -2.46. The topological polar surface area (TPSA) is 211 Å². The summed E-state index contributed by atoms with van der Waals surface area (Å²) in [6.45, 7) is -0.295. The van der Waals surface area contributed by atoms with Crippen molar-refractivity contribution in [1.82, 2.24) is 0 Å². The van der Waals surface area contributed by atoms with Crippen LogP contribution in [-0.2, 0) is 27.8 Å². The molecule has 13 nitrogen and oxygen atoms in total. The summed E-state index contributed by atoms with van der Waals surface area (Å²) in [6.07, 6.45) is -13.8. The number of nitrogens with two attached hydrogens (primary N) is 1. The highest BCUT2D eigenvalue weighted by Gasteiger charge is 2.60. The van der Waals surface area contributed by atoms with Crippen molar-refractivity contribution >= 4 is 20.5 Å². The number of phosphoric ester groups is 1. The van der Waals surface area contributed by atoms with E-state index in [1.807, 2.05) is 0 Å². The van der Waals surface area contributed by atoms with E-state index in [2.05, 4.69) is 12.6 Å². The van der Waals surface area contributed by atoms with E-state index >= 15 is 0 Å². The number of rotatable bonds is 7. The Labute approximate surface area is 177 Å². The maximum atomic E-state index is 11.8. The summed E-state index contributed by atoms with van der Waals surface area (Å²) < 4.78 is 38.2. The van der Waals surface area contributed by atoms with Crippen LogP contribution in [0.15, 0.2) is 0 Å². The highest BCUT2D eigenvalue weighted by atomic mass is 32.1. The molecule has 1 unspecified atom stereocenters. The highest BCUT2D eigenvalue weighted by Crippen LogP contribution is 2.56. The lowest BCUT2D eigenvalue weighted by Crippen LogP contribution is -2.68. The maximum Gasteiger partial charge on any atom is 0.473 e.